The van der Waals surface area contributed by atoms with E-state index in [0.717, 1.165) is 6.42 Å². The highest BCUT2D eigenvalue weighted by Gasteiger charge is 2.34. The van der Waals surface area contributed by atoms with Crippen molar-refractivity contribution in [1.82, 2.24) is 19.4 Å². The van der Waals surface area contributed by atoms with Gasteiger partial charge in [-0.25, -0.2) is 4.98 Å². The summed E-state index contributed by atoms with van der Waals surface area (Å²) in [6.07, 6.45) is 1.41. The largest absolute Gasteiger partial charge is 0.395 e. The van der Waals surface area contributed by atoms with Crippen LogP contribution in [0.5, 0.6) is 0 Å². The first-order valence-electron chi connectivity index (χ1n) is 9.21. The van der Waals surface area contributed by atoms with E-state index in [0.29, 0.717) is 29.7 Å². The molecule has 3 aromatic rings. The number of fused-ring (bicyclic) bond motifs is 1. The molecule has 1 fully saturated rings. The Morgan fingerprint density at radius 3 is 2.79 bits per heavy atom. The van der Waals surface area contributed by atoms with Crippen molar-refractivity contribution in [1.29, 1.82) is 0 Å². The zero-order valence-electron chi connectivity index (χ0n) is 15.2. The molecule has 1 aromatic carbocycles. The number of benzene rings is 1. The van der Waals surface area contributed by atoms with Gasteiger partial charge in [0.1, 0.15) is 11.5 Å². The highest BCUT2D eigenvalue weighted by Crippen LogP contribution is 2.32. The molecule has 3 heterocycles. The first-order chi connectivity index (χ1) is 13.6. The Morgan fingerprint density at radius 1 is 1.18 bits per heavy atom. The van der Waals surface area contributed by atoms with Gasteiger partial charge < -0.3 is 15.0 Å². The van der Waals surface area contributed by atoms with Gasteiger partial charge in [-0.15, -0.1) is 0 Å². The number of carbonyl (C=O) groups excluding carboxylic acids is 1. The summed E-state index contributed by atoms with van der Waals surface area (Å²) in [7, 11) is 0. The topological polar surface area (TPSA) is 108 Å². The maximum absolute atomic E-state index is 13.0. The summed E-state index contributed by atoms with van der Waals surface area (Å²) in [5, 5.41) is 9.93. The summed E-state index contributed by atoms with van der Waals surface area (Å²) in [4.78, 5) is 46.4. The van der Waals surface area contributed by atoms with Crippen LogP contribution in [0.2, 0.25) is 0 Å². The molecule has 1 saturated heterocycles. The van der Waals surface area contributed by atoms with Crippen molar-refractivity contribution < 1.29 is 9.90 Å². The Bertz CT molecular complexity index is 1150. The van der Waals surface area contributed by atoms with Crippen LogP contribution in [0.3, 0.4) is 0 Å². The highest BCUT2D eigenvalue weighted by molar-refractivity contribution is 5.92. The van der Waals surface area contributed by atoms with E-state index in [1.165, 1.54) is 16.7 Å². The number of pyridine rings is 1. The van der Waals surface area contributed by atoms with Gasteiger partial charge in [0.2, 0.25) is 5.56 Å². The minimum absolute atomic E-state index is 0.104. The van der Waals surface area contributed by atoms with Crippen LogP contribution < -0.4 is 11.1 Å². The van der Waals surface area contributed by atoms with Gasteiger partial charge in [0.05, 0.1) is 30.1 Å². The minimum atomic E-state index is -0.403. The fourth-order valence-electron chi connectivity index (χ4n) is 3.76. The molecule has 1 aliphatic rings. The lowest BCUT2D eigenvalue weighted by atomic mass is 10.1. The van der Waals surface area contributed by atoms with Crippen molar-refractivity contribution in [3.8, 4) is 0 Å². The van der Waals surface area contributed by atoms with Crippen LogP contribution in [0.15, 0.2) is 52.1 Å². The molecule has 0 bridgehead atoms. The van der Waals surface area contributed by atoms with E-state index < -0.39 is 6.04 Å². The Labute approximate surface area is 160 Å². The number of aromatic nitrogens is 3. The number of nitrogens with one attached hydrogen (secondary N) is 1. The molecule has 28 heavy (non-hydrogen) atoms. The number of H-pyrrole nitrogens is 1. The van der Waals surface area contributed by atoms with E-state index >= 15 is 0 Å². The molecule has 1 aliphatic heterocycles. The number of amides is 1. The molecule has 0 spiro atoms. The summed E-state index contributed by atoms with van der Waals surface area (Å²) in [5.74, 6) is 0.153. The third kappa shape index (κ3) is 3.11. The van der Waals surface area contributed by atoms with Gasteiger partial charge in [0, 0.05) is 12.6 Å². The summed E-state index contributed by atoms with van der Waals surface area (Å²) < 4.78 is 1.45. The molecule has 8 heteroatoms. The van der Waals surface area contributed by atoms with Gasteiger partial charge in [-0.1, -0.05) is 18.2 Å². The van der Waals surface area contributed by atoms with Crippen molar-refractivity contribution in [2.75, 3.05) is 13.2 Å². The Balaban J connectivity index is 1.82. The Hall–Kier alpha value is -3.26. The normalized spacial score (nSPS) is 16.6. The van der Waals surface area contributed by atoms with E-state index in [2.05, 4.69) is 9.97 Å². The van der Waals surface area contributed by atoms with Crippen molar-refractivity contribution in [2.24, 2.45) is 0 Å². The predicted molar refractivity (Wildman–Crippen MR) is 103 cm³/mol. The number of aliphatic hydroxyl groups is 1. The second-order valence-electron chi connectivity index (χ2n) is 6.75. The molecule has 144 valence electrons. The maximum atomic E-state index is 13.0. The van der Waals surface area contributed by atoms with E-state index in [-0.39, 0.29) is 35.9 Å². The first kappa shape index (κ1) is 18.1. The number of hydrogen-bond acceptors (Lipinski definition) is 5. The van der Waals surface area contributed by atoms with Gasteiger partial charge in [0.15, 0.2) is 0 Å². The quantitative estimate of drug-likeness (QED) is 0.703. The molecule has 0 radical (unpaired) electrons. The zero-order chi connectivity index (χ0) is 19.7. The molecule has 8 nitrogen and oxygen atoms in total. The van der Waals surface area contributed by atoms with Crippen LogP contribution >= 0.6 is 0 Å². The SMILES string of the molecule is O=C(c1cccc(=O)[nH]1)N1CCCC1c1nc2ccccc2c(=O)n1CCO. The van der Waals surface area contributed by atoms with Gasteiger partial charge in [0.25, 0.3) is 11.5 Å². The number of nitrogens with zero attached hydrogens (tertiary/aromatic N) is 3. The number of likely N-dealkylation sites (tertiary alicyclic amines) is 1. The Morgan fingerprint density at radius 2 is 2.00 bits per heavy atom. The zero-order valence-corrected chi connectivity index (χ0v) is 15.2. The van der Waals surface area contributed by atoms with E-state index in [1.807, 2.05) is 0 Å². The molecule has 4 rings (SSSR count). The van der Waals surface area contributed by atoms with Crippen LogP contribution in [-0.4, -0.2) is 43.6 Å². The van der Waals surface area contributed by atoms with Crippen molar-refractivity contribution in [3.63, 3.8) is 0 Å². The molecular formula is C20H20N4O4. The minimum Gasteiger partial charge on any atom is -0.395 e. The lowest BCUT2D eigenvalue weighted by Crippen LogP contribution is -2.36. The third-order valence-electron chi connectivity index (χ3n) is 5.03. The predicted octanol–water partition coefficient (Wildman–Crippen LogP) is 1.05. The molecule has 1 amide bonds. The fourth-order valence-corrected chi connectivity index (χ4v) is 3.76. The van der Waals surface area contributed by atoms with E-state index in [9.17, 15) is 19.5 Å². The molecule has 2 N–H and O–H groups in total. The first-order valence-corrected chi connectivity index (χ1v) is 9.21. The summed E-state index contributed by atoms with van der Waals surface area (Å²) in [6.45, 7) is 0.397. The fraction of sp³-hybridized carbons (Fsp3) is 0.300. The van der Waals surface area contributed by atoms with Gasteiger partial charge in [-0.2, -0.15) is 0 Å². The van der Waals surface area contributed by atoms with Gasteiger partial charge in [-0.3, -0.25) is 19.0 Å². The van der Waals surface area contributed by atoms with E-state index in [1.54, 1.807) is 35.2 Å². The van der Waals surface area contributed by atoms with Crippen LogP contribution in [-0.2, 0) is 6.54 Å². The summed E-state index contributed by atoms with van der Waals surface area (Å²) in [5.41, 5.74) is 0.185. The third-order valence-corrected chi connectivity index (χ3v) is 5.03. The van der Waals surface area contributed by atoms with Crippen molar-refractivity contribution in [2.45, 2.75) is 25.4 Å². The number of aliphatic hydroxyl groups excluding tert-OH is 1. The number of rotatable bonds is 4. The number of hydrogen-bond donors (Lipinski definition) is 2. The average Bonchev–Trinajstić information content (AvgIpc) is 3.19. The van der Waals surface area contributed by atoms with Gasteiger partial charge in [-0.05, 0) is 31.0 Å². The van der Waals surface area contributed by atoms with Crippen LogP contribution in [0.25, 0.3) is 10.9 Å². The molecule has 0 aliphatic carbocycles. The molecule has 0 saturated carbocycles. The second kappa shape index (κ2) is 7.40. The van der Waals surface area contributed by atoms with Crippen LogP contribution in [0.4, 0.5) is 0 Å². The summed E-state index contributed by atoms with van der Waals surface area (Å²) >= 11 is 0. The number of para-hydroxylation sites is 1. The number of carbonyl (C=O) groups is 1. The highest BCUT2D eigenvalue weighted by atomic mass is 16.3. The monoisotopic (exact) mass is 380 g/mol. The lowest BCUT2D eigenvalue weighted by molar-refractivity contribution is 0.0719. The summed E-state index contributed by atoms with van der Waals surface area (Å²) in [6, 6.07) is 11.1. The molecule has 1 unspecified atom stereocenters. The second-order valence-corrected chi connectivity index (χ2v) is 6.75. The lowest BCUT2D eigenvalue weighted by Gasteiger charge is -2.26. The van der Waals surface area contributed by atoms with Crippen LogP contribution in [0, 0.1) is 0 Å². The Kier molecular flexibility index (Phi) is 4.79. The van der Waals surface area contributed by atoms with E-state index in [4.69, 9.17) is 0 Å². The maximum Gasteiger partial charge on any atom is 0.270 e. The average molecular weight is 380 g/mol. The molecular weight excluding hydrogens is 360 g/mol. The van der Waals surface area contributed by atoms with Gasteiger partial charge >= 0.3 is 0 Å². The molecule has 2 aromatic heterocycles. The number of aromatic amines is 1. The standard InChI is InChI=1S/C20H20N4O4/c25-12-11-24-18(22-14-6-2-1-5-13(14)19(24)27)16-8-4-10-23(16)20(28)15-7-3-9-17(26)21-15/h1-3,5-7,9,16,25H,4,8,10-12H2,(H,21,26). The van der Waals surface area contributed by atoms with Crippen LogP contribution in [0.1, 0.15) is 35.2 Å². The van der Waals surface area contributed by atoms with Crippen molar-refractivity contribution >= 4 is 16.8 Å². The molecule has 1 atom stereocenters. The van der Waals surface area contributed by atoms with Crippen molar-refractivity contribution in [3.05, 3.63) is 74.7 Å². The smallest absolute Gasteiger partial charge is 0.270 e.